The summed E-state index contributed by atoms with van der Waals surface area (Å²) in [6.07, 6.45) is 3.47. The van der Waals surface area contributed by atoms with E-state index in [1.54, 1.807) is 0 Å². The highest BCUT2D eigenvalue weighted by molar-refractivity contribution is 5.82. The van der Waals surface area contributed by atoms with Crippen LogP contribution in [0.2, 0.25) is 0 Å². The van der Waals surface area contributed by atoms with Crippen LogP contribution in [0.25, 0.3) is 0 Å². The van der Waals surface area contributed by atoms with E-state index in [1.807, 2.05) is 11.8 Å². The summed E-state index contributed by atoms with van der Waals surface area (Å²) in [5, 5.41) is 3.42. The van der Waals surface area contributed by atoms with E-state index in [2.05, 4.69) is 19.2 Å². The van der Waals surface area contributed by atoms with E-state index < -0.39 is 0 Å². The van der Waals surface area contributed by atoms with Gasteiger partial charge in [-0.1, -0.05) is 0 Å². The van der Waals surface area contributed by atoms with Gasteiger partial charge in [0, 0.05) is 12.6 Å². The van der Waals surface area contributed by atoms with Crippen molar-refractivity contribution in [1.82, 2.24) is 10.2 Å². The zero-order chi connectivity index (χ0) is 12.4. The van der Waals surface area contributed by atoms with Gasteiger partial charge in [-0.05, 0) is 40.0 Å². The Bertz CT molecular complexity index is 283. The van der Waals surface area contributed by atoms with Gasteiger partial charge in [0.05, 0.1) is 24.8 Å². The first-order chi connectivity index (χ1) is 8.08. The third kappa shape index (κ3) is 2.99. The summed E-state index contributed by atoms with van der Waals surface area (Å²) in [7, 11) is 0. The molecule has 0 bridgehead atoms. The summed E-state index contributed by atoms with van der Waals surface area (Å²) in [5.74, 6) is 0.263. The lowest BCUT2D eigenvalue weighted by Crippen LogP contribution is -2.57. The van der Waals surface area contributed by atoms with Crippen molar-refractivity contribution >= 4 is 5.91 Å². The van der Waals surface area contributed by atoms with Crippen LogP contribution in [-0.2, 0) is 9.53 Å². The normalized spacial score (nSPS) is 39.1. The molecule has 98 valence electrons. The van der Waals surface area contributed by atoms with Crippen LogP contribution < -0.4 is 5.32 Å². The van der Waals surface area contributed by atoms with Crippen molar-refractivity contribution < 1.29 is 9.53 Å². The van der Waals surface area contributed by atoms with Gasteiger partial charge < -0.3 is 15.0 Å². The number of hydrogen-bond acceptors (Lipinski definition) is 3. The lowest BCUT2D eigenvalue weighted by molar-refractivity contribution is -0.146. The molecule has 4 unspecified atom stereocenters. The molecule has 1 amide bonds. The van der Waals surface area contributed by atoms with Gasteiger partial charge in [-0.2, -0.15) is 0 Å². The molecular formula is C13H24N2O2. The fraction of sp³-hybridized carbons (Fsp3) is 0.923. The van der Waals surface area contributed by atoms with Crippen LogP contribution in [0.5, 0.6) is 0 Å². The Kier molecular flexibility index (Phi) is 4.05. The Labute approximate surface area is 104 Å². The van der Waals surface area contributed by atoms with Crippen molar-refractivity contribution in [3.05, 3.63) is 0 Å². The maximum absolute atomic E-state index is 12.5. The van der Waals surface area contributed by atoms with E-state index in [1.165, 1.54) is 6.42 Å². The quantitative estimate of drug-likeness (QED) is 0.747. The largest absolute Gasteiger partial charge is 0.375 e. The molecule has 0 saturated carbocycles. The van der Waals surface area contributed by atoms with E-state index in [9.17, 15) is 4.79 Å². The van der Waals surface area contributed by atoms with Gasteiger partial charge in [-0.15, -0.1) is 0 Å². The van der Waals surface area contributed by atoms with Crippen LogP contribution in [0.15, 0.2) is 0 Å². The molecule has 2 saturated heterocycles. The Morgan fingerprint density at radius 3 is 2.76 bits per heavy atom. The number of carbonyl (C=O) groups is 1. The number of carbonyl (C=O) groups excluding carboxylic acids is 1. The van der Waals surface area contributed by atoms with Crippen molar-refractivity contribution in [3.63, 3.8) is 0 Å². The number of nitrogens with zero attached hydrogens (tertiary/aromatic N) is 1. The van der Waals surface area contributed by atoms with E-state index in [4.69, 9.17) is 4.74 Å². The van der Waals surface area contributed by atoms with E-state index in [0.717, 1.165) is 19.4 Å². The fourth-order valence-electron chi connectivity index (χ4n) is 2.74. The summed E-state index contributed by atoms with van der Waals surface area (Å²) < 4.78 is 5.56. The van der Waals surface area contributed by atoms with E-state index in [-0.39, 0.29) is 24.1 Å². The molecule has 2 aliphatic rings. The summed E-state index contributed by atoms with van der Waals surface area (Å²) >= 11 is 0. The molecule has 0 aromatic heterocycles. The Morgan fingerprint density at radius 1 is 1.29 bits per heavy atom. The molecule has 0 aromatic rings. The number of morpholine rings is 1. The number of hydrogen-bond donors (Lipinski definition) is 1. The minimum Gasteiger partial charge on any atom is -0.375 e. The van der Waals surface area contributed by atoms with Crippen LogP contribution in [0, 0.1) is 0 Å². The van der Waals surface area contributed by atoms with Crippen molar-refractivity contribution in [3.8, 4) is 0 Å². The van der Waals surface area contributed by atoms with Crippen molar-refractivity contribution in [2.45, 2.75) is 64.3 Å². The number of ether oxygens (including phenoxy) is 1. The molecular weight excluding hydrogens is 216 g/mol. The molecule has 2 aliphatic heterocycles. The minimum absolute atomic E-state index is 0.0199. The predicted octanol–water partition coefficient (Wildman–Crippen LogP) is 1.15. The second kappa shape index (κ2) is 5.36. The van der Waals surface area contributed by atoms with Crippen LogP contribution in [0.1, 0.15) is 40.0 Å². The molecule has 2 heterocycles. The number of nitrogens with one attached hydrogen (secondary N) is 1. The molecule has 0 aromatic carbocycles. The topological polar surface area (TPSA) is 41.6 Å². The van der Waals surface area contributed by atoms with Crippen LogP contribution >= 0.6 is 0 Å². The fourth-order valence-corrected chi connectivity index (χ4v) is 2.74. The van der Waals surface area contributed by atoms with Crippen molar-refractivity contribution in [1.29, 1.82) is 0 Å². The molecule has 4 atom stereocenters. The maximum Gasteiger partial charge on any atom is 0.240 e. The van der Waals surface area contributed by atoms with Crippen LogP contribution in [0.4, 0.5) is 0 Å². The third-order valence-corrected chi connectivity index (χ3v) is 3.80. The average Bonchev–Trinajstić information content (AvgIpc) is 2.31. The molecule has 2 fully saturated rings. The number of amides is 1. The lowest BCUT2D eigenvalue weighted by Gasteiger charge is -2.40. The van der Waals surface area contributed by atoms with Gasteiger partial charge in [0.25, 0.3) is 0 Å². The standard InChI is InChI=1S/C13H24N2O2/c1-9-5-4-6-12(14-9)13(16)15-7-11(3)17-8-10(15)2/h9-12,14H,4-8H2,1-3H3. The first-order valence-electron chi connectivity index (χ1n) is 6.76. The van der Waals surface area contributed by atoms with Crippen molar-refractivity contribution in [2.24, 2.45) is 0 Å². The second-order valence-electron chi connectivity index (χ2n) is 5.53. The Balaban J connectivity index is 1.97. The minimum atomic E-state index is 0.0199. The first kappa shape index (κ1) is 12.8. The molecule has 0 radical (unpaired) electrons. The zero-order valence-corrected chi connectivity index (χ0v) is 11.1. The molecule has 4 nitrogen and oxygen atoms in total. The smallest absolute Gasteiger partial charge is 0.240 e. The predicted molar refractivity (Wildman–Crippen MR) is 66.8 cm³/mol. The van der Waals surface area contributed by atoms with Gasteiger partial charge in [0.15, 0.2) is 0 Å². The van der Waals surface area contributed by atoms with Gasteiger partial charge in [-0.25, -0.2) is 0 Å². The highest BCUT2D eigenvalue weighted by Crippen LogP contribution is 2.18. The van der Waals surface area contributed by atoms with E-state index in [0.29, 0.717) is 12.6 Å². The third-order valence-electron chi connectivity index (χ3n) is 3.80. The SMILES string of the molecule is CC1CCCC(C(=O)N2CC(C)OCC2C)N1. The number of rotatable bonds is 1. The van der Waals surface area contributed by atoms with Gasteiger partial charge >= 0.3 is 0 Å². The monoisotopic (exact) mass is 240 g/mol. The summed E-state index contributed by atoms with van der Waals surface area (Å²) in [6, 6.07) is 0.690. The van der Waals surface area contributed by atoms with Gasteiger partial charge in [0.1, 0.15) is 0 Å². The second-order valence-corrected chi connectivity index (χ2v) is 5.53. The van der Waals surface area contributed by atoms with Crippen LogP contribution in [-0.4, -0.2) is 48.2 Å². The maximum atomic E-state index is 12.5. The Hall–Kier alpha value is -0.610. The lowest BCUT2D eigenvalue weighted by atomic mass is 9.98. The Morgan fingerprint density at radius 2 is 2.06 bits per heavy atom. The number of piperidine rings is 1. The molecule has 0 aliphatic carbocycles. The highest BCUT2D eigenvalue weighted by Gasteiger charge is 2.33. The summed E-state index contributed by atoms with van der Waals surface area (Å²) in [5.41, 5.74) is 0. The molecule has 2 rings (SSSR count). The first-order valence-corrected chi connectivity index (χ1v) is 6.76. The van der Waals surface area contributed by atoms with E-state index >= 15 is 0 Å². The zero-order valence-electron chi connectivity index (χ0n) is 11.1. The highest BCUT2D eigenvalue weighted by atomic mass is 16.5. The molecule has 0 spiro atoms. The summed E-state index contributed by atoms with van der Waals surface area (Å²) in [4.78, 5) is 14.5. The van der Waals surface area contributed by atoms with Crippen LogP contribution in [0.3, 0.4) is 0 Å². The molecule has 1 N–H and O–H groups in total. The van der Waals surface area contributed by atoms with Gasteiger partial charge in [0.2, 0.25) is 5.91 Å². The van der Waals surface area contributed by atoms with Crippen molar-refractivity contribution in [2.75, 3.05) is 13.2 Å². The average molecular weight is 240 g/mol. The van der Waals surface area contributed by atoms with Gasteiger partial charge in [-0.3, -0.25) is 4.79 Å². The molecule has 4 heteroatoms. The summed E-state index contributed by atoms with van der Waals surface area (Å²) in [6.45, 7) is 7.64. The molecule has 17 heavy (non-hydrogen) atoms.